The maximum Gasteiger partial charge on any atom is 0.123 e. The van der Waals surface area contributed by atoms with Crippen molar-refractivity contribution in [3.8, 4) is 5.75 Å². The monoisotopic (exact) mass is 259 g/mol. The lowest BCUT2D eigenvalue weighted by Gasteiger charge is -2.11. The topological polar surface area (TPSA) is 21.3 Å². The van der Waals surface area contributed by atoms with Crippen molar-refractivity contribution in [3.63, 3.8) is 0 Å². The Bertz CT molecular complexity index is 470. The second-order valence-corrected chi connectivity index (χ2v) is 5.62. The molecule has 1 unspecified atom stereocenters. The second kappa shape index (κ2) is 5.55. The Hall–Kier alpha value is -1.32. The molecule has 0 fully saturated rings. The van der Waals surface area contributed by atoms with Crippen LogP contribution in [0.5, 0.6) is 5.75 Å². The van der Waals surface area contributed by atoms with Crippen molar-refractivity contribution < 1.29 is 4.74 Å². The first-order valence-electron chi connectivity index (χ1n) is 6.39. The lowest BCUT2D eigenvalue weighted by Crippen LogP contribution is -2.31. The van der Waals surface area contributed by atoms with Gasteiger partial charge in [-0.25, -0.2) is 0 Å². The molecule has 1 aliphatic rings. The van der Waals surface area contributed by atoms with Crippen LogP contribution in [0.1, 0.15) is 10.4 Å². The van der Waals surface area contributed by atoms with E-state index >= 15 is 0 Å². The zero-order valence-corrected chi connectivity index (χ0v) is 11.1. The van der Waals surface area contributed by atoms with E-state index in [2.05, 4.69) is 41.0 Å². The summed E-state index contributed by atoms with van der Waals surface area (Å²) in [6, 6.07) is 12.6. The minimum absolute atomic E-state index is 0.297. The van der Waals surface area contributed by atoms with E-state index in [1.807, 2.05) is 17.4 Å². The summed E-state index contributed by atoms with van der Waals surface area (Å²) in [5, 5.41) is 5.61. The molecule has 0 amide bonds. The minimum atomic E-state index is 0.297. The van der Waals surface area contributed by atoms with Gasteiger partial charge in [0.05, 0.1) is 0 Å². The zero-order valence-electron chi connectivity index (χ0n) is 10.3. The van der Waals surface area contributed by atoms with Crippen molar-refractivity contribution in [1.29, 1.82) is 0 Å². The van der Waals surface area contributed by atoms with Gasteiger partial charge in [0.15, 0.2) is 0 Å². The molecule has 94 valence electrons. The van der Waals surface area contributed by atoms with Gasteiger partial charge in [-0.1, -0.05) is 24.3 Å². The molecule has 1 aliphatic heterocycles. The van der Waals surface area contributed by atoms with Crippen LogP contribution in [0.4, 0.5) is 0 Å². The molecular formula is C15H17NOS. The first kappa shape index (κ1) is 11.8. The molecule has 2 heterocycles. The highest BCUT2D eigenvalue weighted by atomic mass is 32.1. The Balaban J connectivity index is 1.41. The minimum Gasteiger partial charge on any atom is -0.488 e. The molecule has 0 radical (unpaired) electrons. The average Bonchev–Trinajstić information content (AvgIpc) is 3.03. The molecule has 2 nitrogen and oxygen atoms in total. The van der Waals surface area contributed by atoms with Gasteiger partial charge in [-0.2, -0.15) is 0 Å². The van der Waals surface area contributed by atoms with Crippen LogP contribution in [0, 0.1) is 0 Å². The molecule has 2 aromatic rings. The number of hydrogen-bond donors (Lipinski definition) is 1. The Labute approximate surface area is 112 Å². The third-order valence-corrected chi connectivity index (χ3v) is 4.15. The third kappa shape index (κ3) is 2.74. The third-order valence-electron chi connectivity index (χ3n) is 3.21. The van der Waals surface area contributed by atoms with Crippen LogP contribution >= 0.6 is 11.3 Å². The fourth-order valence-electron chi connectivity index (χ4n) is 2.30. The molecule has 1 atom stereocenters. The van der Waals surface area contributed by atoms with Crippen LogP contribution in [0.3, 0.4) is 0 Å². The number of fused-ring (bicyclic) bond motifs is 1. The summed E-state index contributed by atoms with van der Waals surface area (Å²) in [6.07, 6.45) is 2.44. The summed E-state index contributed by atoms with van der Waals surface area (Å²) in [4.78, 5) is 1.44. The maximum absolute atomic E-state index is 5.88. The van der Waals surface area contributed by atoms with Crippen molar-refractivity contribution in [3.05, 3.63) is 52.2 Å². The number of thiophene rings is 1. The summed E-state index contributed by atoms with van der Waals surface area (Å²) >= 11 is 1.82. The van der Waals surface area contributed by atoms with Crippen LogP contribution in [0.2, 0.25) is 0 Å². The van der Waals surface area contributed by atoms with E-state index in [1.54, 1.807) is 0 Å². The Morgan fingerprint density at radius 1 is 1.22 bits per heavy atom. The van der Waals surface area contributed by atoms with Gasteiger partial charge in [0.25, 0.3) is 0 Å². The van der Waals surface area contributed by atoms with Crippen molar-refractivity contribution in [2.45, 2.75) is 18.9 Å². The number of hydrogen-bond acceptors (Lipinski definition) is 3. The predicted octanol–water partition coefficient (Wildman–Crippen LogP) is 2.88. The van der Waals surface area contributed by atoms with E-state index in [9.17, 15) is 0 Å². The van der Waals surface area contributed by atoms with E-state index in [0.717, 1.165) is 31.7 Å². The fraction of sp³-hybridized carbons (Fsp3) is 0.333. The Morgan fingerprint density at radius 3 is 3.00 bits per heavy atom. The molecule has 1 aromatic carbocycles. The van der Waals surface area contributed by atoms with Gasteiger partial charge >= 0.3 is 0 Å². The molecule has 1 N–H and O–H groups in total. The van der Waals surface area contributed by atoms with Gasteiger partial charge in [-0.3, -0.25) is 0 Å². The van der Waals surface area contributed by atoms with Gasteiger partial charge in [-0.15, -0.1) is 11.3 Å². The van der Waals surface area contributed by atoms with E-state index in [-0.39, 0.29) is 0 Å². The number of benzene rings is 1. The molecule has 0 spiro atoms. The standard InChI is InChI=1S/C15H17NOS/c1-2-6-15-12(4-1)10-13(17-15)11-16-8-7-14-5-3-9-18-14/h1-6,9,13,16H,7-8,10-11H2. The van der Waals surface area contributed by atoms with E-state index in [0.29, 0.717) is 6.10 Å². The lowest BCUT2D eigenvalue weighted by atomic mass is 10.1. The quantitative estimate of drug-likeness (QED) is 0.834. The number of ether oxygens (including phenoxy) is 1. The fourth-order valence-corrected chi connectivity index (χ4v) is 3.01. The van der Waals surface area contributed by atoms with E-state index in [1.165, 1.54) is 10.4 Å². The van der Waals surface area contributed by atoms with Gasteiger partial charge < -0.3 is 10.1 Å². The van der Waals surface area contributed by atoms with Crippen molar-refractivity contribution in [2.24, 2.45) is 0 Å². The van der Waals surface area contributed by atoms with Gasteiger partial charge in [-0.05, 0) is 29.5 Å². The van der Waals surface area contributed by atoms with Crippen LogP contribution in [-0.4, -0.2) is 19.2 Å². The Morgan fingerprint density at radius 2 is 2.17 bits per heavy atom. The van der Waals surface area contributed by atoms with Crippen molar-refractivity contribution >= 4 is 11.3 Å². The number of nitrogens with one attached hydrogen (secondary N) is 1. The molecule has 3 heteroatoms. The lowest BCUT2D eigenvalue weighted by molar-refractivity contribution is 0.228. The molecule has 18 heavy (non-hydrogen) atoms. The normalized spacial score (nSPS) is 17.4. The van der Waals surface area contributed by atoms with Crippen molar-refractivity contribution in [2.75, 3.05) is 13.1 Å². The van der Waals surface area contributed by atoms with Gasteiger partial charge in [0, 0.05) is 24.4 Å². The van der Waals surface area contributed by atoms with Crippen molar-refractivity contribution in [1.82, 2.24) is 5.32 Å². The highest BCUT2D eigenvalue weighted by Gasteiger charge is 2.21. The molecule has 0 bridgehead atoms. The zero-order chi connectivity index (χ0) is 12.2. The Kier molecular flexibility index (Phi) is 3.62. The van der Waals surface area contributed by atoms with Crippen LogP contribution in [-0.2, 0) is 12.8 Å². The van der Waals surface area contributed by atoms with Gasteiger partial charge in [0.1, 0.15) is 11.9 Å². The molecule has 3 rings (SSSR count). The second-order valence-electron chi connectivity index (χ2n) is 4.59. The smallest absolute Gasteiger partial charge is 0.123 e. The molecule has 0 saturated heterocycles. The first-order valence-corrected chi connectivity index (χ1v) is 7.27. The average molecular weight is 259 g/mol. The molecule has 1 aromatic heterocycles. The summed E-state index contributed by atoms with van der Waals surface area (Å²) < 4.78 is 5.88. The number of rotatable bonds is 5. The summed E-state index contributed by atoms with van der Waals surface area (Å²) in [5.41, 5.74) is 1.34. The summed E-state index contributed by atoms with van der Waals surface area (Å²) in [7, 11) is 0. The maximum atomic E-state index is 5.88. The van der Waals surface area contributed by atoms with Gasteiger partial charge in [0.2, 0.25) is 0 Å². The highest BCUT2D eigenvalue weighted by Crippen LogP contribution is 2.27. The SMILES string of the molecule is c1csc(CCNCC2Cc3ccccc3O2)c1. The van der Waals surface area contributed by atoms with Crippen LogP contribution in [0.15, 0.2) is 41.8 Å². The van der Waals surface area contributed by atoms with E-state index < -0.39 is 0 Å². The largest absolute Gasteiger partial charge is 0.488 e. The molecule has 0 saturated carbocycles. The molecular weight excluding hydrogens is 242 g/mol. The predicted molar refractivity (Wildman–Crippen MR) is 75.5 cm³/mol. The first-order chi connectivity index (χ1) is 8.92. The summed E-state index contributed by atoms with van der Waals surface area (Å²) in [6.45, 7) is 1.96. The van der Waals surface area contributed by atoms with E-state index in [4.69, 9.17) is 4.74 Å². The highest BCUT2D eigenvalue weighted by molar-refractivity contribution is 7.09. The van der Waals surface area contributed by atoms with Crippen LogP contribution in [0.25, 0.3) is 0 Å². The number of para-hydroxylation sites is 1. The van der Waals surface area contributed by atoms with Crippen LogP contribution < -0.4 is 10.1 Å². The summed E-state index contributed by atoms with van der Waals surface area (Å²) in [5.74, 6) is 1.06. The molecule has 0 aliphatic carbocycles.